The third-order valence-electron chi connectivity index (χ3n) is 2.66. The second-order valence-electron chi connectivity index (χ2n) is 5.40. The number of alkyl halides is 3. The summed E-state index contributed by atoms with van der Waals surface area (Å²) in [5.74, 6) is -2.54. The fourth-order valence-electron chi connectivity index (χ4n) is 1.57. The lowest BCUT2D eigenvalue weighted by atomic mass is 10.2. The van der Waals surface area contributed by atoms with Crippen LogP contribution in [-0.4, -0.2) is 40.8 Å². The van der Waals surface area contributed by atoms with E-state index in [-0.39, 0.29) is 22.4 Å². The van der Waals surface area contributed by atoms with Crippen molar-refractivity contribution in [1.29, 1.82) is 0 Å². The van der Waals surface area contributed by atoms with E-state index in [1.807, 2.05) is 13.8 Å². The van der Waals surface area contributed by atoms with Gasteiger partial charge in [-0.2, -0.15) is 13.2 Å². The normalized spacial score (nSPS) is 12.8. The highest BCUT2D eigenvalue weighted by atomic mass is 35.5. The Morgan fingerprint density at radius 3 is 2.50 bits per heavy atom. The third kappa shape index (κ3) is 6.61. The summed E-state index contributed by atoms with van der Waals surface area (Å²) in [6.45, 7) is 4.15. The fraction of sp³-hybridized carbons (Fsp3) is 0.500. The van der Waals surface area contributed by atoms with Gasteiger partial charge in [0.15, 0.2) is 0 Å². The molecule has 2 N–H and O–H groups in total. The first-order valence-electron chi connectivity index (χ1n) is 6.88. The highest BCUT2D eigenvalue weighted by molar-refractivity contribution is 6.32. The predicted octanol–water partition coefficient (Wildman–Crippen LogP) is 2.91. The molecule has 0 aliphatic carbocycles. The molecule has 0 aliphatic rings. The number of ether oxygens (including phenoxy) is 1. The molecule has 0 spiro atoms. The number of pyridine rings is 1. The van der Waals surface area contributed by atoms with Crippen molar-refractivity contribution in [2.75, 3.05) is 6.61 Å². The Morgan fingerprint density at radius 1 is 1.42 bits per heavy atom. The Hall–Kier alpha value is -2.03. The van der Waals surface area contributed by atoms with E-state index < -0.39 is 30.5 Å². The van der Waals surface area contributed by atoms with Gasteiger partial charge in [0.25, 0.3) is 5.91 Å². The lowest BCUT2D eigenvalue weighted by molar-refractivity contribution is -0.157. The van der Waals surface area contributed by atoms with Crippen molar-refractivity contribution in [2.45, 2.75) is 32.5 Å². The zero-order chi connectivity index (χ0) is 18.5. The first kappa shape index (κ1) is 20.0. The van der Waals surface area contributed by atoms with Gasteiger partial charge >= 0.3 is 12.1 Å². The summed E-state index contributed by atoms with van der Waals surface area (Å²) in [7, 11) is 0. The molecule has 1 amide bonds. The first-order valence-corrected chi connectivity index (χ1v) is 7.26. The maximum absolute atomic E-state index is 12.3. The van der Waals surface area contributed by atoms with Crippen LogP contribution in [0.2, 0.25) is 5.02 Å². The summed E-state index contributed by atoms with van der Waals surface area (Å²) in [5, 5.41) is 10.6. The zero-order valence-corrected chi connectivity index (χ0v) is 13.6. The lowest BCUT2D eigenvalue weighted by Gasteiger charge is -2.16. The lowest BCUT2D eigenvalue weighted by Crippen LogP contribution is -2.43. The van der Waals surface area contributed by atoms with Crippen molar-refractivity contribution in [1.82, 2.24) is 10.3 Å². The fourth-order valence-corrected chi connectivity index (χ4v) is 1.80. The Bertz CT molecular complexity index is 608. The van der Waals surface area contributed by atoms with Gasteiger partial charge in [0.1, 0.15) is 11.1 Å². The number of hydrogen-bond acceptors (Lipinski definition) is 4. The molecule has 24 heavy (non-hydrogen) atoms. The topological polar surface area (TPSA) is 88.5 Å². The van der Waals surface area contributed by atoms with Crippen LogP contribution in [0.25, 0.3) is 0 Å². The molecule has 0 fully saturated rings. The smallest absolute Gasteiger partial charge is 0.391 e. The van der Waals surface area contributed by atoms with Gasteiger partial charge in [0, 0.05) is 6.20 Å². The third-order valence-corrected chi connectivity index (χ3v) is 2.93. The standard InChI is InChI=1S/C14H16ClF3N2O4/c1-7(2)6-24-12-9(15)3-8(5-19-12)11(21)20-10(13(22)23)4-14(16,17)18/h3,5,7,10H,4,6H2,1-2H3,(H,20,21)(H,22,23). The van der Waals surface area contributed by atoms with Gasteiger partial charge in [-0.1, -0.05) is 25.4 Å². The van der Waals surface area contributed by atoms with Gasteiger partial charge < -0.3 is 15.2 Å². The van der Waals surface area contributed by atoms with Gasteiger partial charge in [-0.15, -0.1) is 0 Å². The van der Waals surface area contributed by atoms with Crippen molar-refractivity contribution in [3.8, 4) is 5.88 Å². The number of carboxylic acid groups (broad SMARTS) is 1. The number of rotatable bonds is 7. The van der Waals surface area contributed by atoms with Crippen LogP contribution in [0.15, 0.2) is 12.3 Å². The molecule has 1 heterocycles. The maximum atomic E-state index is 12.3. The van der Waals surface area contributed by atoms with E-state index in [4.69, 9.17) is 21.4 Å². The number of nitrogens with zero attached hydrogens (tertiary/aromatic N) is 1. The SMILES string of the molecule is CC(C)COc1ncc(C(=O)NC(CC(F)(F)F)C(=O)O)cc1Cl. The van der Waals surface area contributed by atoms with E-state index >= 15 is 0 Å². The summed E-state index contributed by atoms with van der Waals surface area (Å²) >= 11 is 5.90. The number of amides is 1. The number of aliphatic carboxylic acids is 1. The van der Waals surface area contributed by atoms with Crippen LogP contribution in [0.4, 0.5) is 13.2 Å². The molecule has 0 bridgehead atoms. The van der Waals surface area contributed by atoms with E-state index in [1.54, 1.807) is 5.32 Å². The average molecular weight is 369 g/mol. The number of nitrogens with one attached hydrogen (secondary N) is 1. The average Bonchev–Trinajstić information content (AvgIpc) is 2.43. The zero-order valence-electron chi connectivity index (χ0n) is 12.9. The van der Waals surface area contributed by atoms with Gasteiger partial charge in [-0.25, -0.2) is 9.78 Å². The second-order valence-corrected chi connectivity index (χ2v) is 5.81. The molecular weight excluding hydrogens is 353 g/mol. The molecule has 1 unspecified atom stereocenters. The molecule has 0 saturated carbocycles. The van der Waals surface area contributed by atoms with E-state index in [1.165, 1.54) is 0 Å². The molecule has 1 aromatic rings. The number of halogens is 4. The minimum Gasteiger partial charge on any atom is -0.480 e. The van der Waals surface area contributed by atoms with Crippen molar-refractivity contribution in [3.05, 3.63) is 22.8 Å². The van der Waals surface area contributed by atoms with Crippen molar-refractivity contribution in [2.24, 2.45) is 5.92 Å². The Balaban J connectivity index is 2.83. The minimum absolute atomic E-state index is 0.00834. The summed E-state index contributed by atoms with van der Waals surface area (Å²) < 4.78 is 42.3. The van der Waals surface area contributed by atoms with Gasteiger partial charge in [-0.05, 0) is 12.0 Å². The molecule has 6 nitrogen and oxygen atoms in total. The molecule has 10 heteroatoms. The molecule has 1 rings (SSSR count). The molecular formula is C14H16ClF3N2O4. The monoisotopic (exact) mass is 368 g/mol. The number of carbonyl (C=O) groups is 2. The predicted molar refractivity (Wildman–Crippen MR) is 79.1 cm³/mol. The summed E-state index contributed by atoms with van der Waals surface area (Å²) in [4.78, 5) is 26.5. The summed E-state index contributed by atoms with van der Waals surface area (Å²) in [6, 6.07) is -0.959. The molecule has 134 valence electrons. The van der Waals surface area contributed by atoms with Crippen LogP contribution >= 0.6 is 11.6 Å². The maximum Gasteiger partial charge on any atom is 0.391 e. The Morgan fingerprint density at radius 2 is 2.04 bits per heavy atom. The van der Waals surface area contributed by atoms with E-state index in [9.17, 15) is 22.8 Å². The Kier molecular flexibility index (Phi) is 6.82. The highest BCUT2D eigenvalue weighted by Gasteiger charge is 2.36. The van der Waals surface area contributed by atoms with E-state index in [0.717, 1.165) is 12.3 Å². The van der Waals surface area contributed by atoms with Crippen LogP contribution in [0.5, 0.6) is 5.88 Å². The minimum atomic E-state index is -4.74. The van der Waals surface area contributed by atoms with Crippen LogP contribution in [0, 0.1) is 5.92 Å². The van der Waals surface area contributed by atoms with Crippen LogP contribution in [0.1, 0.15) is 30.6 Å². The molecule has 0 aliphatic heterocycles. The van der Waals surface area contributed by atoms with E-state index in [2.05, 4.69) is 4.98 Å². The van der Waals surface area contributed by atoms with Crippen molar-refractivity contribution in [3.63, 3.8) is 0 Å². The molecule has 0 radical (unpaired) electrons. The quantitative estimate of drug-likeness (QED) is 0.772. The van der Waals surface area contributed by atoms with Crippen LogP contribution in [0.3, 0.4) is 0 Å². The highest BCUT2D eigenvalue weighted by Crippen LogP contribution is 2.24. The summed E-state index contributed by atoms with van der Waals surface area (Å²) in [6.07, 6.45) is -5.38. The first-order chi connectivity index (χ1) is 11.0. The van der Waals surface area contributed by atoms with Gasteiger partial charge in [-0.3, -0.25) is 4.79 Å². The largest absolute Gasteiger partial charge is 0.480 e. The van der Waals surface area contributed by atoms with E-state index in [0.29, 0.717) is 6.61 Å². The van der Waals surface area contributed by atoms with Gasteiger partial charge in [0.2, 0.25) is 5.88 Å². The summed E-state index contributed by atoms with van der Waals surface area (Å²) in [5.41, 5.74) is -0.176. The Labute approximate surface area is 141 Å². The number of hydrogen-bond donors (Lipinski definition) is 2. The van der Waals surface area contributed by atoms with Crippen molar-refractivity contribution >= 4 is 23.5 Å². The molecule has 0 saturated heterocycles. The number of aromatic nitrogens is 1. The molecule has 0 aromatic carbocycles. The van der Waals surface area contributed by atoms with Crippen molar-refractivity contribution < 1.29 is 32.6 Å². The number of carboxylic acids is 1. The number of carbonyl (C=O) groups excluding carboxylic acids is 1. The van der Waals surface area contributed by atoms with Gasteiger partial charge in [0.05, 0.1) is 18.6 Å². The second kappa shape index (κ2) is 8.18. The van der Waals surface area contributed by atoms with Crippen LogP contribution < -0.4 is 10.1 Å². The van der Waals surface area contributed by atoms with Crippen LogP contribution in [-0.2, 0) is 4.79 Å². The molecule has 1 atom stereocenters. The molecule has 1 aromatic heterocycles.